The van der Waals surface area contributed by atoms with E-state index in [-0.39, 0.29) is 5.41 Å². The molecule has 1 N–H and O–H groups in total. The van der Waals surface area contributed by atoms with Crippen LogP contribution in [0.15, 0.2) is 36.4 Å². The van der Waals surface area contributed by atoms with Gasteiger partial charge in [-0.05, 0) is 26.1 Å². The van der Waals surface area contributed by atoms with Gasteiger partial charge in [-0.1, -0.05) is 36.5 Å². The van der Waals surface area contributed by atoms with Gasteiger partial charge in [0.25, 0.3) is 0 Å². The number of likely N-dealkylation sites (N-methyl/N-ethyl adjacent to an activating group) is 1. The summed E-state index contributed by atoms with van der Waals surface area (Å²) in [5, 5.41) is 4.45. The van der Waals surface area contributed by atoms with Gasteiger partial charge in [-0.2, -0.15) is 0 Å². The molecule has 1 atom stereocenters. The summed E-state index contributed by atoms with van der Waals surface area (Å²) >= 11 is 5.52. The molecule has 0 aliphatic carbocycles. The molecule has 3 rings (SSSR count). The SMILES string of the molecule is CN1CNC(=S)C(C)(c2ccc3ccccc3n2)C1. The van der Waals surface area contributed by atoms with E-state index in [0.717, 1.165) is 34.8 Å². The topological polar surface area (TPSA) is 28.2 Å². The quantitative estimate of drug-likeness (QED) is 0.806. The zero-order valence-electron chi connectivity index (χ0n) is 11.2. The molecule has 0 amide bonds. The van der Waals surface area contributed by atoms with Crippen molar-refractivity contribution in [2.45, 2.75) is 12.3 Å². The molecule has 0 bridgehead atoms. The maximum Gasteiger partial charge on any atom is 0.0896 e. The first-order chi connectivity index (χ1) is 9.09. The van der Waals surface area contributed by atoms with Gasteiger partial charge < -0.3 is 5.32 Å². The molecule has 2 aromatic rings. The van der Waals surface area contributed by atoms with E-state index in [4.69, 9.17) is 17.2 Å². The van der Waals surface area contributed by atoms with Crippen molar-refractivity contribution < 1.29 is 0 Å². The van der Waals surface area contributed by atoms with Gasteiger partial charge in [0.15, 0.2) is 0 Å². The fourth-order valence-electron chi connectivity index (χ4n) is 2.64. The number of thiocarbonyl (C=S) groups is 1. The summed E-state index contributed by atoms with van der Waals surface area (Å²) < 4.78 is 0. The molecule has 1 aromatic carbocycles. The van der Waals surface area contributed by atoms with Gasteiger partial charge in [0, 0.05) is 11.9 Å². The molecule has 2 heterocycles. The number of nitrogens with one attached hydrogen (secondary N) is 1. The second kappa shape index (κ2) is 4.54. The molecule has 0 saturated carbocycles. The number of nitrogens with zero attached hydrogens (tertiary/aromatic N) is 2. The largest absolute Gasteiger partial charge is 0.366 e. The lowest BCUT2D eigenvalue weighted by Crippen LogP contribution is -2.56. The van der Waals surface area contributed by atoms with E-state index < -0.39 is 0 Å². The maximum absolute atomic E-state index is 5.52. The van der Waals surface area contributed by atoms with E-state index in [9.17, 15) is 0 Å². The molecule has 4 heteroatoms. The van der Waals surface area contributed by atoms with Crippen LogP contribution >= 0.6 is 12.2 Å². The minimum atomic E-state index is -0.216. The van der Waals surface area contributed by atoms with Crippen LogP contribution in [-0.2, 0) is 5.41 Å². The summed E-state index contributed by atoms with van der Waals surface area (Å²) in [6.07, 6.45) is 0. The molecule has 19 heavy (non-hydrogen) atoms. The zero-order valence-corrected chi connectivity index (χ0v) is 12.0. The Bertz CT molecular complexity index is 640. The summed E-state index contributed by atoms with van der Waals surface area (Å²) in [6.45, 7) is 3.86. The molecule has 3 nitrogen and oxygen atoms in total. The normalized spacial score (nSPS) is 24.4. The molecule has 1 unspecified atom stereocenters. The highest BCUT2D eigenvalue weighted by Gasteiger charge is 2.37. The Morgan fingerprint density at radius 2 is 2.05 bits per heavy atom. The van der Waals surface area contributed by atoms with Gasteiger partial charge in [-0.15, -0.1) is 0 Å². The Hall–Kier alpha value is -1.52. The number of hydrogen-bond donors (Lipinski definition) is 1. The van der Waals surface area contributed by atoms with Crippen LogP contribution in [0.1, 0.15) is 12.6 Å². The van der Waals surface area contributed by atoms with Gasteiger partial charge in [0.05, 0.1) is 28.3 Å². The van der Waals surface area contributed by atoms with Crippen LogP contribution in [-0.4, -0.2) is 35.1 Å². The monoisotopic (exact) mass is 271 g/mol. The van der Waals surface area contributed by atoms with Crippen LogP contribution < -0.4 is 5.32 Å². The smallest absolute Gasteiger partial charge is 0.0896 e. The van der Waals surface area contributed by atoms with E-state index in [1.165, 1.54) is 0 Å². The van der Waals surface area contributed by atoms with Crippen LogP contribution in [0, 0.1) is 0 Å². The highest BCUT2D eigenvalue weighted by Crippen LogP contribution is 2.28. The number of rotatable bonds is 1. The van der Waals surface area contributed by atoms with Crippen molar-refractivity contribution in [1.29, 1.82) is 0 Å². The second-order valence-corrected chi connectivity index (χ2v) is 5.81. The van der Waals surface area contributed by atoms with Gasteiger partial charge >= 0.3 is 0 Å². The van der Waals surface area contributed by atoms with E-state index >= 15 is 0 Å². The summed E-state index contributed by atoms with van der Waals surface area (Å²) in [5.41, 5.74) is 1.85. The number of para-hydroxylation sites is 1. The van der Waals surface area contributed by atoms with E-state index in [1.807, 2.05) is 18.2 Å². The predicted octanol–water partition coefficient (Wildman–Crippen LogP) is 2.31. The van der Waals surface area contributed by atoms with Crippen molar-refractivity contribution in [3.63, 3.8) is 0 Å². The number of aromatic nitrogens is 1. The standard InChI is InChI=1S/C15H17N3S/c1-15(9-18(2)10-16-14(15)19)13-8-7-11-5-3-4-6-12(11)17-13/h3-8H,9-10H2,1-2H3,(H,16,19). The van der Waals surface area contributed by atoms with Crippen LogP contribution in [0.25, 0.3) is 10.9 Å². The van der Waals surface area contributed by atoms with Crippen LogP contribution in [0.2, 0.25) is 0 Å². The average molecular weight is 271 g/mol. The Morgan fingerprint density at radius 1 is 1.26 bits per heavy atom. The number of pyridine rings is 1. The summed E-state index contributed by atoms with van der Waals surface area (Å²) in [6, 6.07) is 12.4. The lowest BCUT2D eigenvalue weighted by molar-refractivity contribution is 0.258. The number of fused-ring (bicyclic) bond motifs is 1. The first-order valence-electron chi connectivity index (χ1n) is 6.43. The molecule has 1 aromatic heterocycles. The van der Waals surface area contributed by atoms with Crippen molar-refractivity contribution in [2.24, 2.45) is 0 Å². The highest BCUT2D eigenvalue weighted by atomic mass is 32.1. The lowest BCUT2D eigenvalue weighted by atomic mass is 9.84. The summed E-state index contributed by atoms with van der Waals surface area (Å²) in [5.74, 6) is 0. The summed E-state index contributed by atoms with van der Waals surface area (Å²) in [4.78, 5) is 7.91. The molecule has 0 radical (unpaired) electrons. The minimum Gasteiger partial charge on any atom is -0.366 e. The van der Waals surface area contributed by atoms with Gasteiger partial charge in [0.2, 0.25) is 0 Å². The summed E-state index contributed by atoms with van der Waals surface area (Å²) in [7, 11) is 2.09. The average Bonchev–Trinajstić information content (AvgIpc) is 2.43. The molecule has 0 spiro atoms. The maximum atomic E-state index is 5.52. The fraction of sp³-hybridized carbons (Fsp3) is 0.333. The third-order valence-electron chi connectivity index (χ3n) is 3.76. The van der Waals surface area contributed by atoms with Crippen molar-refractivity contribution in [2.75, 3.05) is 20.3 Å². The van der Waals surface area contributed by atoms with Gasteiger partial charge in [-0.3, -0.25) is 9.88 Å². The van der Waals surface area contributed by atoms with Gasteiger partial charge in [0.1, 0.15) is 0 Å². The first-order valence-corrected chi connectivity index (χ1v) is 6.83. The molecular weight excluding hydrogens is 254 g/mol. The lowest BCUT2D eigenvalue weighted by Gasteiger charge is -2.39. The Balaban J connectivity index is 2.09. The molecule has 1 saturated heterocycles. The third kappa shape index (κ3) is 2.11. The van der Waals surface area contributed by atoms with Crippen LogP contribution in [0.4, 0.5) is 0 Å². The van der Waals surface area contributed by atoms with E-state index in [0.29, 0.717) is 0 Å². The van der Waals surface area contributed by atoms with E-state index in [2.05, 4.69) is 42.4 Å². The van der Waals surface area contributed by atoms with E-state index in [1.54, 1.807) is 0 Å². The van der Waals surface area contributed by atoms with Crippen molar-refractivity contribution in [1.82, 2.24) is 15.2 Å². The number of hydrogen-bond acceptors (Lipinski definition) is 3. The molecule has 1 aliphatic rings. The predicted molar refractivity (Wildman–Crippen MR) is 82.3 cm³/mol. The first kappa shape index (κ1) is 12.5. The minimum absolute atomic E-state index is 0.216. The molecule has 98 valence electrons. The zero-order chi connectivity index (χ0) is 13.5. The van der Waals surface area contributed by atoms with Crippen molar-refractivity contribution >= 4 is 28.1 Å². The number of benzene rings is 1. The molecule has 1 aliphatic heterocycles. The van der Waals surface area contributed by atoms with Crippen LogP contribution in [0.3, 0.4) is 0 Å². The third-order valence-corrected chi connectivity index (χ3v) is 4.36. The van der Waals surface area contributed by atoms with Crippen molar-refractivity contribution in [3.8, 4) is 0 Å². The van der Waals surface area contributed by atoms with Crippen LogP contribution in [0.5, 0.6) is 0 Å². The Morgan fingerprint density at radius 3 is 2.89 bits per heavy atom. The van der Waals surface area contributed by atoms with Crippen molar-refractivity contribution in [3.05, 3.63) is 42.1 Å². The second-order valence-electron chi connectivity index (χ2n) is 5.40. The fourth-order valence-corrected chi connectivity index (χ4v) is 2.87. The Kier molecular flexibility index (Phi) is 2.99. The molecule has 1 fully saturated rings. The highest BCUT2D eigenvalue weighted by molar-refractivity contribution is 7.80. The van der Waals surface area contributed by atoms with Gasteiger partial charge in [-0.25, -0.2) is 0 Å². The Labute approximate surface area is 118 Å². The molecular formula is C15H17N3S.